The Bertz CT molecular complexity index is 954. The molecule has 3 aromatic rings. The highest BCUT2D eigenvalue weighted by atomic mass is 35.5. The number of hydrogen-bond acceptors (Lipinski definition) is 6. The summed E-state index contributed by atoms with van der Waals surface area (Å²) in [6.45, 7) is 0. The summed E-state index contributed by atoms with van der Waals surface area (Å²) in [7, 11) is 0. The summed E-state index contributed by atoms with van der Waals surface area (Å²) >= 11 is 6.24. The van der Waals surface area contributed by atoms with Gasteiger partial charge in [-0.05, 0) is 36.5 Å². The number of halogens is 1. The van der Waals surface area contributed by atoms with Crippen molar-refractivity contribution in [3.8, 4) is 5.82 Å². The van der Waals surface area contributed by atoms with Crippen LogP contribution in [0.4, 0.5) is 0 Å². The van der Waals surface area contributed by atoms with Crippen molar-refractivity contribution in [3.63, 3.8) is 0 Å². The minimum atomic E-state index is -0.991. The first kappa shape index (κ1) is 16.8. The summed E-state index contributed by atoms with van der Waals surface area (Å²) in [6, 6.07) is 2.98. The number of pyridine rings is 1. The lowest BCUT2D eigenvalue weighted by Crippen LogP contribution is -2.02. The smallest absolute Gasteiger partial charge is 0.335 e. The van der Waals surface area contributed by atoms with Gasteiger partial charge in [0.25, 0.3) is 0 Å². The number of nitrogens with zero attached hydrogens (tertiary/aromatic N) is 5. The lowest BCUT2D eigenvalue weighted by atomic mass is 10.2. The van der Waals surface area contributed by atoms with Crippen LogP contribution in [0.3, 0.4) is 0 Å². The number of fused-ring (bicyclic) bond motifs is 1. The zero-order valence-electron chi connectivity index (χ0n) is 12.7. The Kier molecular flexibility index (Phi) is 4.57. The molecular weight excluding hydrogens is 350 g/mol. The Morgan fingerprint density at radius 2 is 2.04 bits per heavy atom. The molecule has 0 spiro atoms. The minimum Gasteiger partial charge on any atom is -0.478 e. The summed E-state index contributed by atoms with van der Waals surface area (Å²) in [4.78, 5) is 31.9. The molecule has 3 heterocycles. The summed E-state index contributed by atoms with van der Waals surface area (Å²) < 4.78 is 1.78. The summed E-state index contributed by atoms with van der Waals surface area (Å²) in [5.74, 6) is -0.0170. The average molecular weight is 362 g/mol. The molecule has 0 radical (unpaired) electrons. The average Bonchev–Trinajstić information content (AvgIpc) is 3.36. The van der Waals surface area contributed by atoms with Gasteiger partial charge in [-0.25, -0.2) is 19.7 Å². The molecule has 1 saturated carbocycles. The Hall–Kier alpha value is -3.07. The fraction of sp³-hybridized carbons (Fsp3) is 0.200. The van der Waals surface area contributed by atoms with E-state index in [2.05, 4.69) is 15.0 Å². The molecule has 0 bridgehead atoms. The third-order valence-electron chi connectivity index (χ3n) is 3.82. The second kappa shape index (κ2) is 6.81. The molecule has 1 fully saturated rings. The van der Waals surface area contributed by atoms with Crippen LogP contribution in [-0.4, -0.2) is 35.8 Å². The fourth-order valence-corrected chi connectivity index (χ4v) is 2.85. The van der Waals surface area contributed by atoms with Crippen molar-refractivity contribution in [2.45, 2.75) is 18.8 Å². The van der Waals surface area contributed by atoms with Crippen molar-refractivity contribution >= 4 is 28.6 Å². The third-order valence-corrected chi connectivity index (χ3v) is 4.11. The molecule has 0 unspecified atom stereocenters. The monoisotopic (exact) mass is 361 g/mol. The number of carboxylic acids is 1. The van der Waals surface area contributed by atoms with E-state index in [4.69, 9.17) is 26.8 Å². The van der Waals surface area contributed by atoms with Crippen molar-refractivity contribution in [2.24, 2.45) is 5.34 Å². The lowest BCUT2D eigenvalue weighted by molar-refractivity contribution is 0.0696. The van der Waals surface area contributed by atoms with Crippen LogP contribution in [0.15, 0.2) is 36.2 Å². The van der Waals surface area contributed by atoms with Gasteiger partial charge in [0, 0.05) is 12.4 Å². The van der Waals surface area contributed by atoms with E-state index in [0.717, 1.165) is 23.8 Å². The van der Waals surface area contributed by atoms with Crippen LogP contribution >= 0.6 is 11.6 Å². The Balaban J connectivity index is 0.000000569. The number of carboxylic acid groups (broad SMARTS) is 1. The number of carbonyl (C=O) groups is 1. The van der Waals surface area contributed by atoms with Crippen LogP contribution in [0, 0.1) is 4.91 Å². The van der Waals surface area contributed by atoms with Gasteiger partial charge in [0.1, 0.15) is 17.3 Å². The first-order valence-corrected chi connectivity index (χ1v) is 7.62. The van der Waals surface area contributed by atoms with Gasteiger partial charge in [0.2, 0.25) is 0 Å². The number of aromatic carboxylic acids is 1. The predicted octanol–water partition coefficient (Wildman–Crippen LogP) is 3.19. The molecular formula is C15H12ClN5O4. The quantitative estimate of drug-likeness (QED) is 0.416. The van der Waals surface area contributed by atoms with E-state index < -0.39 is 5.97 Å². The van der Waals surface area contributed by atoms with Crippen LogP contribution in [0.25, 0.3) is 16.9 Å². The molecule has 0 atom stereocenters. The van der Waals surface area contributed by atoms with Crippen molar-refractivity contribution in [1.29, 1.82) is 0 Å². The highest BCUT2D eigenvalue weighted by Gasteiger charge is 2.29. The molecule has 9 nitrogen and oxygen atoms in total. The first-order valence-electron chi connectivity index (χ1n) is 7.24. The Labute approximate surface area is 145 Å². The molecule has 1 aliphatic rings. The van der Waals surface area contributed by atoms with E-state index in [1.807, 2.05) is 6.20 Å². The molecule has 0 amide bonds. The number of hydrogen-bond donors (Lipinski definition) is 2. The maximum Gasteiger partial charge on any atom is 0.335 e. The van der Waals surface area contributed by atoms with Crippen LogP contribution < -0.4 is 0 Å². The molecule has 2 N–H and O–H groups in total. The van der Waals surface area contributed by atoms with Gasteiger partial charge < -0.3 is 10.3 Å². The largest absolute Gasteiger partial charge is 0.478 e. The van der Waals surface area contributed by atoms with Gasteiger partial charge in [-0.2, -0.15) is 0 Å². The summed E-state index contributed by atoms with van der Waals surface area (Å²) in [6.07, 6.45) is 7.06. The van der Waals surface area contributed by atoms with E-state index in [1.165, 1.54) is 30.0 Å². The van der Waals surface area contributed by atoms with Gasteiger partial charge in [-0.3, -0.25) is 4.57 Å². The molecule has 4 rings (SSSR count). The van der Waals surface area contributed by atoms with Gasteiger partial charge in [0.05, 0.1) is 10.9 Å². The van der Waals surface area contributed by atoms with Crippen LogP contribution in [0.5, 0.6) is 0 Å². The molecule has 0 aromatic carbocycles. The van der Waals surface area contributed by atoms with E-state index in [0.29, 0.717) is 22.5 Å². The van der Waals surface area contributed by atoms with Gasteiger partial charge in [0.15, 0.2) is 11.0 Å². The zero-order valence-corrected chi connectivity index (χ0v) is 13.5. The van der Waals surface area contributed by atoms with Gasteiger partial charge in [-0.1, -0.05) is 11.6 Å². The van der Waals surface area contributed by atoms with E-state index >= 15 is 0 Å². The van der Waals surface area contributed by atoms with Gasteiger partial charge in [-0.15, -0.1) is 4.91 Å². The van der Waals surface area contributed by atoms with Crippen molar-refractivity contribution in [3.05, 3.63) is 52.0 Å². The molecule has 0 saturated heterocycles. The second-order valence-electron chi connectivity index (χ2n) is 5.38. The highest BCUT2D eigenvalue weighted by molar-refractivity contribution is 6.34. The molecule has 1 aliphatic carbocycles. The van der Waals surface area contributed by atoms with Crippen LogP contribution in [0.2, 0.25) is 5.15 Å². The molecule has 25 heavy (non-hydrogen) atoms. The third kappa shape index (κ3) is 3.26. The van der Waals surface area contributed by atoms with Crippen LogP contribution in [-0.2, 0) is 0 Å². The molecule has 3 aromatic heterocycles. The SMILES string of the molecule is O=C(O)c1ccnc(-n2cc(C3CC3)c3c(Cl)ncnc32)c1.O=NO. The minimum absolute atomic E-state index is 0.181. The molecule has 0 aliphatic heterocycles. The van der Waals surface area contributed by atoms with Gasteiger partial charge >= 0.3 is 5.97 Å². The van der Waals surface area contributed by atoms with Crippen molar-refractivity contribution < 1.29 is 15.1 Å². The lowest BCUT2D eigenvalue weighted by Gasteiger charge is -2.04. The van der Waals surface area contributed by atoms with Crippen LogP contribution in [0.1, 0.15) is 34.7 Å². The van der Waals surface area contributed by atoms with E-state index in [9.17, 15) is 4.79 Å². The van der Waals surface area contributed by atoms with Crippen molar-refractivity contribution in [1.82, 2.24) is 19.5 Å². The maximum absolute atomic E-state index is 11.1. The second-order valence-corrected chi connectivity index (χ2v) is 5.74. The topological polar surface area (TPSA) is 131 Å². The van der Waals surface area contributed by atoms with E-state index in [-0.39, 0.29) is 5.56 Å². The normalized spacial score (nSPS) is 13.2. The summed E-state index contributed by atoms with van der Waals surface area (Å²) in [5, 5.41) is 18.3. The maximum atomic E-state index is 11.1. The Morgan fingerprint density at radius 1 is 1.32 bits per heavy atom. The molecule has 128 valence electrons. The summed E-state index contributed by atoms with van der Waals surface area (Å²) in [5.41, 5.74) is 1.93. The number of rotatable bonds is 3. The standard InChI is InChI=1S/C15H11ClN4O2.HNO2/c16-13-12-10(8-1-2-8)6-20(14(12)19-7-18-13)11-5-9(15(21)22)3-4-17-11;2-1-3/h3-8H,1-2H2,(H,21,22);(H,2,3). The fourth-order valence-electron chi connectivity index (χ4n) is 2.61. The zero-order chi connectivity index (χ0) is 18.0. The molecule has 10 heteroatoms. The number of aromatic nitrogens is 4. The Morgan fingerprint density at radius 3 is 2.68 bits per heavy atom. The van der Waals surface area contributed by atoms with E-state index in [1.54, 1.807) is 4.57 Å². The first-order chi connectivity index (χ1) is 12.1. The van der Waals surface area contributed by atoms with Crippen molar-refractivity contribution in [2.75, 3.05) is 0 Å². The predicted molar refractivity (Wildman–Crippen MR) is 88.2 cm³/mol. The highest BCUT2D eigenvalue weighted by Crippen LogP contribution is 2.45.